The van der Waals surface area contributed by atoms with Gasteiger partial charge in [0, 0.05) is 34.5 Å². The Kier molecular flexibility index (Phi) is 10.1. The van der Waals surface area contributed by atoms with Crippen molar-refractivity contribution in [2.45, 2.75) is 99.8 Å². The first-order valence-electron chi connectivity index (χ1n) is 18.4. The number of nitrogens with zero attached hydrogens (tertiary/aromatic N) is 4. The van der Waals surface area contributed by atoms with Gasteiger partial charge in [0.1, 0.15) is 5.82 Å². The van der Waals surface area contributed by atoms with Gasteiger partial charge in [-0.3, -0.25) is 4.68 Å². The molecule has 274 valence electrons. The van der Waals surface area contributed by atoms with E-state index in [1.165, 1.54) is 33.4 Å². The molecule has 3 aromatic heterocycles. The molecule has 5 nitrogen and oxygen atoms in total. The maximum Gasteiger partial charge on any atom is 2.00 e. The number of benzene rings is 4. The van der Waals surface area contributed by atoms with Crippen LogP contribution < -0.4 is 4.74 Å². The van der Waals surface area contributed by atoms with Gasteiger partial charge in [-0.25, -0.2) is 4.98 Å². The summed E-state index contributed by atoms with van der Waals surface area (Å²) in [5.74, 6) is 2.57. The van der Waals surface area contributed by atoms with Crippen LogP contribution in [0.1, 0.15) is 101 Å². The number of aromatic nitrogens is 4. The van der Waals surface area contributed by atoms with Crippen LogP contribution in [0.4, 0.5) is 0 Å². The summed E-state index contributed by atoms with van der Waals surface area (Å²) >= 11 is 0. The second-order valence-corrected chi connectivity index (χ2v) is 16.7. The zero-order valence-corrected chi connectivity index (χ0v) is 34.7. The molecule has 0 unspecified atom stereocenters. The van der Waals surface area contributed by atoms with E-state index in [1.54, 1.807) is 0 Å². The summed E-state index contributed by atoms with van der Waals surface area (Å²) in [6.07, 6.45) is 1.90. The van der Waals surface area contributed by atoms with E-state index in [4.69, 9.17) is 14.8 Å². The van der Waals surface area contributed by atoms with Gasteiger partial charge >= 0.3 is 20.4 Å². The molecule has 3 heterocycles. The van der Waals surface area contributed by atoms with Gasteiger partial charge in [0.05, 0.1) is 5.69 Å². The Hall–Kier alpha value is -4.50. The largest absolute Gasteiger partial charge is 2.00 e. The topological polar surface area (TPSA) is 44.9 Å². The van der Waals surface area contributed by atoms with E-state index in [-0.39, 0.29) is 31.3 Å². The van der Waals surface area contributed by atoms with Crippen LogP contribution in [0.2, 0.25) is 0 Å². The Balaban J connectivity index is 0.00000481. The van der Waals surface area contributed by atoms with Crippen LogP contribution in [-0.4, -0.2) is 19.3 Å². The summed E-state index contributed by atoms with van der Waals surface area (Å²) in [4.78, 5) is 4.84. The van der Waals surface area contributed by atoms with Gasteiger partial charge in [-0.2, -0.15) is 11.2 Å². The zero-order valence-electron chi connectivity index (χ0n) is 33.1. The SMILES string of the molecule is Cc1cc(C(C)C)cc(C)c1-c1c(C)nn(-c2[c-]c(Oc3[c-]c4c(cc3)c3ccccc3n4-c3cc(C(C)(C)C)ccn3)cc(C(C)(C)C)c2)c1C.[Pd+2]. The van der Waals surface area contributed by atoms with Crippen molar-refractivity contribution in [3.05, 3.63) is 130 Å². The van der Waals surface area contributed by atoms with E-state index in [0.29, 0.717) is 17.4 Å². The fourth-order valence-electron chi connectivity index (χ4n) is 7.39. The monoisotopic (exact) mass is 792 g/mol. The molecule has 7 aromatic rings. The van der Waals surface area contributed by atoms with Gasteiger partial charge in [-0.15, -0.1) is 41.3 Å². The smallest absolute Gasteiger partial charge is 0.509 e. The molecule has 0 aliphatic carbocycles. The number of aryl methyl sites for hydroxylation is 3. The molecule has 0 aliphatic rings. The Morgan fingerprint density at radius 3 is 2.04 bits per heavy atom. The average molecular weight is 793 g/mol. The van der Waals surface area contributed by atoms with E-state index >= 15 is 0 Å². The van der Waals surface area contributed by atoms with Crippen LogP contribution in [0.15, 0.2) is 79.0 Å². The van der Waals surface area contributed by atoms with Gasteiger partial charge in [-0.05, 0) is 102 Å². The van der Waals surface area contributed by atoms with E-state index < -0.39 is 0 Å². The standard InChI is InChI=1S/C47H50N4O.Pd/c1-28(2)33-21-29(3)44(30(4)22-33)45-31(5)49-51(32(45)6)36-23-35(47(10,11)12)24-38(26-36)52-37-17-18-40-39-15-13-14-16-41(39)50(42(40)27-37)43-25-34(19-20-48-43)46(7,8)9;/h13-25,28H,1-12H3;/q-2;+2. The summed E-state index contributed by atoms with van der Waals surface area (Å²) in [7, 11) is 0. The fourth-order valence-corrected chi connectivity index (χ4v) is 7.39. The molecular formula is C47H50N4OPd. The molecule has 0 spiro atoms. The van der Waals surface area contributed by atoms with E-state index in [0.717, 1.165) is 50.3 Å². The zero-order chi connectivity index (χ0) is 37.3. The minimum atomic E-state index is -0.134. The molecule has 0 saturated carbocycles. The molecular weight excluding hydrogens is 743 g/mol. The molecule has 53 heavy (non-hydrogen) atoms. The first kappa shape index (κ1) is 38.2. The predicted octanol–water partition coefficient (Wildman–Crippen LogP) is 12.4. The second kappa shape index (κ2) is 14.1. The number of hydrogen-bond acceptors (Lipinski definition) is 3. The van der Waals surface area contributed by atoms with Crippen molar-refractivity contribution < 1.29 is 25.2 Å². The van der Waals surface area contributed by atoms with Crippen molar-refractivity contribution in [2.24, 2.45) is 0 Å². The molecule has 4 aromatic carbocycles. The summed E-state index contributed by atoms with van der Waals surface area (Å²) in [5.41, 5.74) is 13.5. The van der Waals surface area contributed by atoms with Crippen LogP contribution in [0.25, 0.3) is 44.4 Å². The predicted molar refractivity (Wildman–Crippen MR) is 216 cm³/mol. The van der Waals surface area contributed by atoms with Gasteiger partial charge < -0.3 is 9.30 Å². The van der Waals surface area contributed by atoms with Crippen molar-refractivity contribution in [2.75, 3.05) is 0 Å². The first-order chi connectivity index (χ1) is 24.5. The van der Waals surface area contributed by atoms with Crippen molar-refractivity contribution in [3.8, 4) is 34.1 Å². The van der Waals surface area contributed by atoms with Crippen LogP contribution in [0.5, 0.6) is 11.5 Å². The van der Waals surface area contributed by atoms with Crippen LogP contribution >= 0.6 is 0 Å². The third-order valence-electron chi connectivity index (χ3n) is 10.3. The van der Waals surface area contributed by atoms with E-state index in [9.17, 15) is 0 Å². The number of rotatable bonds is 6. The normalized spacial score (nSPS) is 12.2. The molecule has 0 saturated heterocycles. The summed E-state index contributed by atoms with van der Waals surface area (Å²) in [6.45, 7) is 26.5. The molecule has 7 rings (SSSR count). The van der Waals surface area contributed by atoms with Crippen LogP contribution in [0, 0.1) is 39.8 Å². The van der Waals surface area contributed by atoms with Crippen molar-refractivity contribution in [1.82, 2.24) is 19.3 Å². The van der Waals surface area contributed by atoms with Gasteiger partial charge in [0.2, 0.25) is 0 Å². The Labute approximate surface area is 329 Å². The molecule has 0 radical (unpaired) electrons. The maximum atomic E-state index is 6.70. The Morgan fingerprint density at radius 1 is 0.698 bits per heavy atom. The molecule has 0 bridgehead atoms. The second-order valence-electron chi connectivity index (χ2n) is 16.7. The number of ether oxygens (including phenoxy) is 1. The molecule has 0 fully saturated rings. The number of pyridine rings is 1. The minimum absolute atomic E-state index is 0. The third kappa shape index (κ3) is 7.12. The van der Waals surface area contributed by atoms with Crippen molar-refractivity contribution in [3.63, 3.8) is 0 Å². The number of para-hydroxylation sites is 1. The Bertz CT molecular complexity index is 2460. The van der Waals surface area contributed by atoms with Gasteiger partial charge in [0.25, 0.3) is 0 Å². The molecule has 0 N–H and O–H groups in total. The van der Waals surface area contributed by atoms with Gasteiger partial charge in [-0.1, -0.05) is 91.2 Å². The van der Waals surface area contributed by atoms with Crippen molar-refractivity contribution >= 4 is 21.8 Å². The van der Waals surface area contributed by atoms with Crippen LogP contribution in [0.3, 0.4) is 0 Å². The fraction of sp³-hybridized carbons (Fsp3) is 0.319. The van der Waals surface area contributed by atoms with Gasteiger partial charge in [0.15, 0.2) is 0 Å². The van der Waals surface area contributed by atoms with E-state index in [2.05, 4.69) is 167 Å². The third-order valence-corrected chi connectivity index (χ3v) is 10.3. The minimum Gasteiger partial charge on any atom is -0.509 e. The molecule has 6 heteroatoms. The number of hydrogen-bond donors (Lipinski definition) is 0. The molecule has 0 atom stereocenters. The summed E-state index contributed by atoms with van der Waals surface area (Å²) < 4.78 is 10.9. The molecule has 0 aliphatic heterocycles. The quantitative estimate of drug-likeness (QED) is 0.124. The Morgan fingerprint density at radius 2 is 1.38 bits per heavy atom. The summed E-state index contributed by atoms with van der Waals surface area (Å²) in [6, 6.07) is 33.0. The average Bonchev–Trinajstić information content (AvgIpc) is 3.56. The molecule has 0 amide bonds. The van der Waals surface area contributed by atoms with E-state index in [1.807, 2.05) is 16.9 Å². The maximum absolute atomic E-state index is 6.70. The number of fused-ring (bicyclic) bond motifs is 3. The van der Waals surface area contributed by atoms with Crippen molar-refractivity contribution in [1.29, 1.82) is 0 Å². The first-order valence-corrected chi connectivity index (χ1v) is 18.4. The van der Waals surface area contributed by atoms with Crippen LogP contribution in [-0.2, 0) is 31.3 Å². The summed E-state index contributed by atoms with van der Waals surface area (Å²) in [5, 5.41) is 7.36.